The number of guanidine groups is 1. The van der Waals surface area contributed by atoms with Gasteiger partial charge in [0.25, 0.3) is 0 Å². The molecule has 1 aromatic rings. The summed E-state index contributed by atoms with van der Waals surface area (Å²) < 4.78 is 33.0. The summed E-state index contributed by atoms with van der Waals surface area (Å²) in [5.41, 5.74) is 0.994. The predicted octanol–water partition coefficient (Wildman–Crippen LogP) is 3.64. The van der Waals surface area contributed by atoms with Gasteiger partial charge in [0, 0.05) is 33.3 Å². The second kappa shape index (κ2) is 15.0. The topological polar surface area (TPSA) is 91.8 Å². The van der Waals surface area contributed by atoms with Gasteiger partial charge in [-0.05, 0) is 42.9 Å². The first-order valence-corrected chi connectivity index (χ1v) is 12.6. The van der Waals surface area contributed by atoms with Crippen molar-refractivity contribution in [1.29, 1.82) is 0 Å². The number of benzene rings is 1. The van der Waals surface area contributed by atoms with E-state index in [-0.39, 0.29) is 35.0 Å². The van der Waals surface area contributed by atoms with Crippen molar-refractivity contribution in [3.8, 4) is 0 Å². The summed E-state index contributed by atoms with van der Waals surface area (Å²) in [4.78, 5) is 4.56. The Morgan fingerprint density at radius 3 is 2.55 bits per heavy atom. The lowest BCUT2D eigenvalue weighted by Gasteiger charge is -2.18. The molecule has 0 saturated carbocycles. The van der Waals surface area contributed by atoms with Gasteiger partial charge >= 0.3 is 0 Å². The molecule has 178 valence electrons. The highest BCUT2D eigenvalue weighted by atomic mass is 127. The van der Waals surface area contributed by atoms with Gasteiger partial charge in [-0.15, -0.1) is 24.0 Å². The molecule has 0 radical (unpaired) electrons. The molecule has 0 amide bonds. The molecule has 1 saturated heterocycles. The van der Waals surface area contributed by atoms with Gasteiger partial charge in [0.2, 0.25) is 10.0 Å². The Kier molecular flexibility index (Phi) is 13.6. The number of aliphatic imine (C=N–C) groups is 1. The Morgan fingerprint density at radius 2 is 1.97 bits per heavy atom. The monoisotopic (exact) mass is 566 g/mol. The maximum Gasteiger partial charge on any atom is 0.240 e. The minimum absolute atomic E-state index is 0. The molecule has 1 fully saturated rings. The van der Waals surface area contributed by atoms with E-state index in [4.69, 9.17) is 4.74 Å². The lowest BCUT2D eigenvalue weighted by molar-refractivity contribution is 0.114. The van der Waals surface area contributed by atoms with Gasteiger partial charge in [0.15, 0.2) is 5.96 Å². The van der Waals surface area contributed by atoms with Crippen LogP contribution in [0.5, 0.6) is 0 Å². The molecule has 1 aliphatic rings. The minimum atomic E-state index is -3.52. The van der Waals surface area contributed by atoms with Gasteiger partial charge < -0.3 is 15.4 Å². The number of ether oxygens (including phenoxy) is 1. The van der Waals surface area contributed by atoms with Crippen LogP contribution < -0.4 is 15.4 Å². The van der Waals surface area contributed by atoms with Crippen molar-refractivity contribution in [2.45, 2.75) is 69.9 Å². The number of halogens is 1. The predicted molar refractivity (Wildman–Crippen MR) is 138 cm³/mol. The summed E-state index contributed by atoms with van der Waals surface area (Å²) >= 11 is 0. The number of rotatable bonds is 12. The molecule has 7 nitrogen and oxygen atoms in total. The van der Waals surface area contributed by atoms with Crippen LogP contribution in [0.4, 0.5) is 0 Å². The molecule has 0 aliphatic carbocycles. The van der Waals surface area contributed by atoms with Crippen molar-refractivity contribution in [1.82, 2.24) is 15.4 Å². The van der Waals surface area contributed by atoms with Crippen molar-refractivity contribution in [3.63, 3.8) is 0 Å². The molecular weight excluding hydrogens is 527 g/mol. The van der Waals surface area contributed by atoms with Gasteiger partial charge in [-0.3, -0.25) is 4.99 Å². The summed E-state index contributed by atoms with van der Waals surface area (Å²) in [6, 6.07) is 6.94. The molecule has 0 aromatic heterocycles. The van der Waals surface area contributed by atoms with Crippen LogP contribution in [0.15, 0.2) is 34.2 Å². The molecule has 0 bridgehead atoms. The van der Waals surface area contributed by atoms with Crippen LogP contribution in [0, 0.1) is 5.92 Å². The smallest absolute Gasteiger partial charge is 0.240 e. The summed E-state index contributed by atoms with van der Waals surface area (Å²) in [6.07, 6.45) is 6.73. The quantitative estimate of drug-likeness (QED) is 0.204. The number of hydrogen-bond donors (Lipinski definition) is 3. The zero-order valence-corrected chi connectivity index (χ0v) is 22.2. The molecule has 1 aromatic carbocycles. The lowest BCUT2D eigenvalue weighted by atomic mass is 9.99. The number of nitrogens with one attached hydrogen (secondary N) is 3. The van der Waals surface area contributed by atoms with Gasteiger partial charge in [-0.2, -0.15) is 0 Å². The van der Waals surface area contributed by atoms with Crippen LogP contribution in [0.2, 0.25) is 0 Å². The Morgan fingerprint density at radius 1 is 1.23 bits per heavy atom. The molecule has 1 aliphatic heterocycles. The number of nitrogens with zero attached hydrogens (tertiary/aromatic N) is 1. The van der Waals surface area contributed by atoms with Crippen molar-refractivity contribution >= 4 is 40.0 Å². The van der Waals surface area contributed by atoms with E-state index in [2.05, 4.69) is 34.2 Å². The van der Waals surface area contributed by atoms with Crippen LogP contribution in [-0.4, -0.2) is 47.2 Å². The number of sulfonamides is 1. The summed E-state index contributed by atoms with van der Waals surface area (Å²) in [5.74, 6) is 1.41. The van der Waals surface area contributed by atoms with Crippen molar-refractivity contribution in [2.24, 2.45) is 10.9 Å². The van der Waals surface area contributed by atoms with Gasteiger partial charge in [0.1, 0.15) is 0 Å². The van der Waals surface area contributed by atoms with E-state index in [0.717, 1.165) is 37.3 Å². The van der Waals surface area contributed by atoms with Crippen LogP contribution >= 0.6 is 24.0 Å². The molecule has 31 heavy (non-hydrogen) atoms. The first kappa shape index (κ1) is 28.1. The highest BCUT2D eigenvalue weighted by molar-refractivity contribution is 14.0. The fourth-order valence-corrected chi connectivity index (χ4v) is 4.53. The molecule has 9 heteroatoms. The molecule has 2 atom stereocenters. The zero-order chi connectivity index (χ0) is 21.8. The van der Waals surface area contributed by atoms with Crippen molar-refractivity contribution in [2.75, 3.05) is 26.7 Å². The maximum absolute atomic E-state index is 12.5. The van der Waals surface area contributed by atoms with E-state index in [1.54, 1.807) is 19.2 Å². The van der Waals surface area contributed by atoms with Crippen LogP contribution in [0.3, 0.4) is 0 Å². The number of hydrogen-bond acceptors (Lipinski definition) is 4. The summed E-state index contributed by atoms with van der Waals surface area (Å²) in [6.45, 7) is 6.97. The first-order valence-electron chi connectivity index (χ1n) is 11.1. The zero-order valence-electron chi connectivity index (χ0n) is 19.0. The molecule has 2 unspecified atom stereocenters. The van der Waals surface area contributed by atoms with E-state index >= 15 is 0 Å². The largest absolute Gasteiger partial charge is 0.377 e. The number of unbranched alkanes of at least 4 members (excludes halogenated alkanes) is 1. The van der Waals surface area contributed by atoms with Crippen LogP contribution in [0.25, 0.3) is 0 Å². The Balaban J connectivity index is 0.00000480. The van der Waals surface area contributed by atoms with Crippen molar-refractivity contribution in [3.05, 3.63) is 29.8 Å². The second-order valence-corrected chi connectivity index (χ2v) is 9.62. The Bertz CT molecular complexity index is 751. The van der Waals surface area contributed by atoms with E-state index in [1.165, 1.54) is 19.3 Å². The Hall–Kier alpha value is -0.910. The molecule has 0 spiro atoms. The van der Waals surface area contributed by atoms with Crippen LogP contribution in [-0.2, 0) is 21.3 Å². The average Bonchev–Trinajstić information content (AvgIpc) is 3.28. The average molecular weight is 567 g/mol. The van der Waals surface area contributed by atoms with E-state index in [9.17, 15) is 8.42 Å². The Labute approximate surface area is 205 Å². The lowest BCUT2D eigenvalue weighted by Crippen LogP contribution is -2.39. The molecule has 3 N–H and O–H groups in total. The fourth-order valence-electron chi connectivity index (χ4n) is 3.47. The third-order valence-corrected chi connectivity index (χ3v) is 6.98. The normalized spacial score (nSPS) is 17.8. The standard InChI is InChI=1S/C22H38N4O3S.HI/c1-4-6-8-18(5-2)15-24-22(23-3)25-16-19-10-12-21(13-11-19)30(27,28)26-17-20-9-7-14-29-20;/h10-13,18,20,26H,4-9,14-17H2,1-3H3,(H2,23,24,25);1H. The molecular formula is C22H39IN4O3S. The molecule has 1 heterocycles. The fraction of sp³-hybridized carbons (Fsp3) is 0.682. The summed E-state index contributed by atoms with van der Waals surface area (Å²) in [5, 5.41) is 6.70. The second-order valence-electron chi connectivity index (χ2n) is 7.85. The van der Waals surface area contributed by atoms with E-state index < -0.39 is 10.0 Å². The van der Waals surface area contributed by atoms with Crippen LogP contribution in [0.1, 0.15) is 57.9 Å². The summed E-state index contributed by atoms with van der Waals surface area (Å²) in [7, 11) is -1.75. The SMILES string of the molecule is CCCCC(CC)CNC(=NC)NCc1ccc(S(=O)(=O)NCC2CCCO2)cc1.I. The van der Waals surface area contributed by atoms with E-state index in [0.29, 0.717) is 25.6 Å². The minimum Gasteiger partial charge on any atom is -0.377 e. The third-order valence-electron chi connectivity index (χ3n) is 5.54. The highest BCUT2D eigenvalue weighted by Gasteiger charge is 2.20. The maximum atomic E-state index is 12.5. The van der Waals surface area contributed by atoms with Gasteiger partial charge in [-0.1, -0.05) is 45.2 Å². The molecule has 2 rings (SSSR count). The highest BCUT2D eigenvalue weighted by Crippen LogP contribution is 2.14. The van der Waals surface area contributed by atoms with Gasteiger partial charge in [0.05, 0.1) is 11.0 Å². The van der Waals surface area contributed by atoms with Crippen molar-refractivity contribution < 1.29 is 13.2 Å². The van der Waals surface area contributed by atoms with Gasteiger partial charge in [-0.25, -0.2) is 13.1 Å². The first-order chi connectivity index (χ1) is 14.5. The third kappa shape index (κ3) is 10.0. The van der Waals surface area contributed by atoms with E-state index in [1.807, 2.05) is 12.1 Å².